The van der Waals surface area contributed by atoms with Crippen molar-refractivity contribution in [3.05, 3.63) is 57.4 Å². The van der Waals surface area contributed by atoms with Crippen LogP contribution in [0.1, 0.15) is 11.8 Å². The topological polar surface area (TPSA) is 83.7 Å². The van der Waals surface area contributed by atoms with Crippen LogP contribution in [-0.2, 0) is 19.6 Å². The lowest BCUT2D eigenvalue weighted by atomic mass is 10.2. The lowest BCUT2D eigenvalue weighted by molar-refractivity contribution is 0.604. The second-order valence-corrected chi connectivity index (χ2v) is 6.55. The number of hydrogen-bond acceptors (Lipinski definition) is 5. The van der Waals surface area contributed by atoms with Gasteiger partial charge < -0.3 is 5.73 Å². The molecule has 3 aromatic rings. The van der Waals surface area contributed by atoms with Crippen molar-refractivity contribution in [1.82, 2.24) is 24.1 Å². The van der Waals surface area contributed by atoms with E-state index in [-0.39, 0.29) is 18.8 Å². The summed E-state index contributed by atoms with van der Waals surface area (Å²) in [7, 11) is 0. The minimum atomic E-state index is -0.290. The predicted octanol–water partition coefficient (Wildman–Crippen LogP) is 1.85. The van der Waals surface area contributed by atoms with Gasteiger partial charge in [-0.3, -0.25) is 9.25 Å². The van der Waals surface area contributed by atoms with E-state index in [1.807, 2.05) is 35.4 Å². The Morgan fingerprint density at radius 2 is 2.24 bits per heavy atom. The maximum Gasteiger partial charge on any atom is 0.346 e. The molecule has 0 aliphatic heterocycles. The lowest BCUT2D eigenvalue weighted by Gasteiger charge is -2.01. The molecule has 0 bridgehead atoms. The fourth-order valence-electron chi connectivity index (χ4n) is 2.39. The summed E-state index contributed by atoms with van der Waals surface area (Å²) in [5, 5.41) is 10.3. The first-order valence-corrected chi connectivity index (χ1v) is 8.73. The minimum absolute atomic E-state index is 0.0511. The van der Waals surface area contributed by atoms with Crippen molar-refractivity contribution in [2.24, 2.45) is 5.73 Å². The Kier molecular flexibility index (Phi) is 5.25. The molecule has 0 unspecified atom stereocenters. The minimum Gasteiger partial charge on any atom is -0.327 e. The van der Waals surface area contributed by atoms with Crippen LogP contribution in [0.4, 0.5) is 4.39 Å². The van der Waals surface area contributed by atoms with Crippen molar-refractivity contribution < 1.29 is 4.39 Å². The normalized spacial score (nSPS) is 12.0. The zero-order valence-corrected chi connectivity index (χ0v) is 14.6. The molecule has 0 radical (unpaired) electrons. The van der Waals surface area contributed by atoms with E-state index in [9.17, 15) is 9.18 Å². The first kappa shape index (κ1) is 17.3. The van der Waals surface area contributed by atoms with Crippen molar-refractivity contribution in [3.8, 4) is 11.1 Å². The fraction of sp³-hybridized carbons (Fsp3) is 0.312. The number of aromatic nitrogens is 5. The highest BCUT2D eigenvalue weighted by Gasteiger charge is 2.10. The molecular formula is C16H19FN6OS. The Bertz CT molecular complexity index is 934. The summed E-state index contributed by atoms with van der Waals surface area (Å²) in [5.74, 6) is 0. The molecule has 0 aromatic carbocycles. The molecular weight excluding hydrogens is 343 g/mol. The Balaban J connectivity index is 1.75. The molecule has 25 heavy (non-hydrogen) atoms. The Morgan fingerprint density at radius 1 is 1.40 bits per heavy atom. The van der Waals surface area contributed by atoms with E-state index >= 15 is 0 Å². The zero-order valence-electron chi connectivity index (χ0n) is 13.8. The standard InChI is InChI=1S/C16H19FN6OS/c1-2-22-8-14(6-19-22)13-3-15(25-10-13)9-21-11-20-23(16(21)24)7-12(4-17)5-18/h3-4,6,8,10-11H,2,5,7,9,18H2,1H3/b12-4+. The van der Waals surface area contributed by atoms with Crippen LogP contribution in [0.5, 0.6) is 0 Å². The van der Waals surface area contributed by atoms with Crippen LogP contribution in [-0.4, -0.2) is 30.7 Å². The van der Waals surface area contributed by atoms with E-state index in [4.69, 9.17) is 5.73 Å². The largest absolute Gasteiger partial charge is 0.346 e. The van der Waals surface area contributed by atoms with E-state index in [1.165, 1.54) is 15.6 Å². The summed E-state index contributed by atoms with van der Waals surface area (Å²) in [6.07, 6.45) is 5.71. The van der Waals surface area contributed by atoms with Crippen LogP contribution >= 0.6 is 11.3 Å². The molecule has 0 aliphatic carbocycles. The van der Waals surface area contributed by atoms with Gasteiger partial charge >= 0.3 is 5.69 Å². The van der Waals surface area contributed by atoms with Crippen LogP contribution in [0.25, 0.3) is 11.1 Å². The molecule has 3 heterocycles. The average Bonchev–Trinajstić information content (AvgIpc) is 3.35. The van der Waals surface area contributed by atoms with Crippen LogP contribution in [0.2, 0.25) is 0 Å². The number of halogens is 1. The van der Waals surface area contributed by atoms with Gasteiger partial charge in [-0.25, -0.2) is 13.9 Å². The molecule has 3 rings (SSSR count). The number of hydrogen-bond donors (Lipinski definition) is 1. The molecule has 3 aromatic heterocycles. The van der Waals surface area contributed by atoms with Crippen LogP contribution in [0, 0.1) is 0 Å². The van der Waals surface area contributed by atoms with Gasteiger partial charge in [0.25, 0.3) is 0 Å². The van der Waals surface area contributed by atoms with Crippen molar-refractivity contribution in [2.75, 3.05) is 6.54 Å². The molecule has 9 heteroatoms. The third kappa shape index (κ3) is 3.77. The first-order valence-electron chi connectivity index (χ1n) is 7.85. The molecule has 2 N–H and O–H groups in total. The molecule has 0 aliphatic rings. The summed E-state index contributed by atoms with van der Waals surface area (Å²) >= 11 is 1.57. The van der Waals surface area contributed by atoms with Crippen LogP contribution < -0.4 is 11.4 Å². The van der Waals surface area contributed by atoms with E-state index in [0.29, 0.717) is 18.4 Å². The first-order chi connectivity index (χ1) is 12.1. The highest BCUT2D eigenvalue weighted by Crippen LogP contribution is 2.25. The van der Waals surface area contributed by atoms with Gasteiger partial charge in [-0.2, -0.15) is 10.2 Å². The van der Waals surface area contributed by atoms with Crippen LogP contribution in [0.3, 0.4) is 0 Å². The van der Waals surface area contributed by atoms with Crippen molar-refractivity contribution >= 4 is 11.3 Å². The number of thiophene rings is 1. The molecule has 0 saturated heterocycles. The smallest absolute Gasteiger partial charge is 0.327 e. The predicted molar refractivity (Wildman–Crippen MR) is 95.0 cm³/mol. The van der Waals surface area contributed by atoms with Gasteiger partial charge in [0.05, 0.1) is 25.6 Å². The number of nitrogens with zero attached hydrogens (tertiary/aromatic N) is 5. The Hall–Kier alpha value is -2.52. The third-order valence-electron chi connectivity index (χ3n) is 3.84. The monoisotopic (exact) mass is 362 g/mol. The van der Waals surface area contributed by atoms with Crippen molar-refractivity contribution in [3.63, 3.8) is 0 Å². The molecule has 0 atom stereocenters. The number of nitrogens with two attached hydrogens (primary N) is 1. The number of rotatable bonds is 7. The quantitative estimate of drug-likeness (QED) is 0.695. The molecule has 0 amide bonds. The molecule has 7 nitrogen and oxygen atoms in total. The fourth-order valence-corrected chi connectivity index (χ4v) is 3.28. The second kappa shape index (κ2) is 7.58. The van der Waals surface area contributed by atoms with Gasteiger partial charge in [0.15, 0.2) is 0 Å². The third-order valence-corrected chi connectivity index (χ3v) is 4.76. The molecule has 0 saturated carbocycles. The van der Waals surface area contributed by atoms with E-state index in [2.05, 4.69) is 10.2 Å². The van der Waals surface area contributed by atoms with Crippen molar-refractivity contribution in [2.45, 2.75) is 26.6 Å². The molecule has 0 spiro atoms. The van der Waals surface area contributed by atoms with Gasteiger partial charge in [0, 0.05) is 29.7 Å². The van der Waals surface area contributed by atoms with Gasteiger partial charge in [-0.15, -0.1) is 11.3 Å². The highest BCUT2D eigenvalue weighted by molar-refractivity contribution is 7.10. The summed E-state index contributed by atoms with van der Waals surface area (Å²) in [4.78, 5) is 13.4. The molecule has 0 fully saturated rings. The maximum atomic E-state index is 12.6. The van der Waals surface area contributed by atoms with E-state index in [0.717, 1.165) is 22.5 Å². The van der Waals surface area contributed by atoms with Gasteiger partial charge in [-0.1, -0.05) is 0 Å². The Morgan fingerprint density at radius 3 is 2.92 bits per heavy atom. The summed E-state index contributed by atoms with van der Waals surface area (Å²) < 4.78 is 17.2. The van der Waals surface area contributed by atoms with E-state index < -0.39 is 0 Å². The Labute approximate surface area is 147 Å². The van der Waals surface area contributed by atoms with Gasteiger partial charge in [-0.05, 0) is 29.5 Å². The maximum absolute atomic E-state index is 12.6. The average molecular weight is 362 g/mol. The zero-order chi connectivity index (χ0) is 17.8. The summed E-state index contributed by atoms with van der Waals surface area (Å²) in [6, 6.07) is 2.04. The molecule has 132 valence electrons. The summed E-state index contributed by atoms with van der Waals surface area (Å²) in [5.41, 5.74) is 7.57. The highest BCUT2D eigenvalue weighted by atomic mass is 32.1. The summed E-state index contributed by atoms with van der Waals surface area (Å²) in [6.45, 7) is 3.39. The lowest BCUT2D eigenvalue weighted by Crippen LogP contribution is -2.26. The van der Waals surface area contributed by atoms with Crippen molar-refractivity contribution in [1.29, 1.82) is 0 Å². The second-order valence-electron chi connectivity index (χ2n) is 5.56. The van der Waals surface area contributed by atoms with Gasteiger partial charge in [0.1, 0.15) is 6.33 Å². The van der Waals surface area contributed by atoms with Gasteiger partial charge in [0.2, 0.25) is 0 Å². The SMILES string of the molecule is CCn1cc(-c2csc(Cn3cnn(C/C(=C/F)CN)c3=O)c2)cn1. The van der Waals surface area contributed by atoms with E-state index in [1.54, 1.807) is 11.3 Å². The van der Waals surface area contributed by atoms with Crippen LogP contribution in [0.15, 0.2) is 46.9 Å². The number of aryl methyl sites for hydroxylation is 1.